The molecule has 1 fully saturated rings. The summed E-state index contributed by atoms with van der Waals surface area (Å²) in [5, 5.41) is 27.0. The molecule has 23 heavy (non-hydrogen) atoms. The van der Waals surface area contributed by atoms with Crippen molar-refractivity contribution < 1.29 is 9.84 Å². The molecule has 1 unspecified atom stereocenters. The van der Waals surface area contributed by atoms with Gasteiger partial charge in [0.25, 0.3) is 0 Å². The second-order valence-electron chi connectivity index (χ2n) is 5.84. The minimum absolute atomic E-state index is 0.458. The van der Waals surface area contributed by atoms with Gasteiger partial charge in [0, 0.05) is 25.8 Å². The average molecular weight is 313 g/mol. The highest BCUT2D eigenvalue weighted by Crippen LogP contribution is 2.22. The fourth-order valence-electron chi connectivity index (χ4n) is 2.80. The fraction of sp³-hybridized carbons (Fsp3) is 0.438. The van der Waals surface area contributed by atoms with Crippen LogP contribution in [0.2, 0.25) is 0 Å². The largest absolute Gasteiger partial charge is 0.492 e. The van der Waals surface area contributed by atoms with Gasteiger partial charge in [-0.2, -0.15) is 5.26 Å². The quantitative estimate of drug-likeness (QED) is 0.843. The van der Waals surface area contributed by atoms with Crippen LogP contribution in [0.15, 0.2) is 36.7 Å². The molecule has 7 heteroatoms. The third-order valence-electron chi connectivity index (χ3n) is 4.00. The van der Waals surface area contributed by atoms with Crippen LogP contribution in [0, 0.1) is 11.3 Å². The van der Waals surface area contributed by atoms with Gasteiger partial charge in [-0.05, 0) is 30.7 Å². The van der Waals surface area contributed by atoms with Crippen molar-refractivity contribution in [2.75, 3.05) is 26.2 Å². The molecule has 7 nitrogen and oxygen atoms in total. The summed E-state index contributed by atoms with van der Waals surface area (Å²) in [5.74, 6) is 0.751. The van der Waals surface area contributed by atoms with Crippen molar-refractivity contribution in [2.24, 2.45) is 0 Å². The topological polar surface area (TPSA) is 87.2 Å². The smallest absolute Gasteiger partial charge is 0.119 e. The summed E-state index contributed by atoms with van der Waals surface area (Å²) < 4.78 is 7.34. The maximum atomic E-state index is 10.6. The predicted octanol–water partition coefficient (Wildman–Crippen LogP) is 0.666. The van der Waals surface area contributed by atoms with Crippen LogP contribution in [0.3, 0.4) is 0 Å². The number of ether oxygens (including phenoxy) is 1. The highest BCUT2D eigenvalue weighted by Gasteiger charge is 2.36. The summed E-state index contributed by atoms with van der Waals surface area (Å²) in [6, 6.07) is 9.15. The molecule has 1 saturated heterocycles. The first kappa shape index (κ1) is 15.5. The Morgan fingerprint density at radius 1 is 1.35 bits per heavy atom. The molecule has 0 bridgehead atoms. The van der Waals surface area contributed by atoms with E-state index in [1.165, 1.54) is 0 Å². The molecule has 1 N–H and O–H groups in total. The van der Waals surface area contributed by atoms with E-state index in [1.807, 2.05) is 0 Å². The molecule has 0 amide bonds. The first-order valence-electron chi connectivity index (χ1n) is 7.59. The molecule has 1 aromatic carbocycles. The Hall–Kier alpha value is -2.43. The van der Waals surface area contributed by atoms with Crippen molar-refractivity contribution in [2.45, 2.75) is 18.6 Å². The zero-order chi connectivity index (χ0) is 16.1. The van der Waals surface area contributed by atoms with E-state index in [2.05, 4.69) is 21.3 Å². The highest BCUT2D eigenvalue weighted by molar-refractivity contribution is 5.34. The number of nitriles is 1. The second-order valence-corrected chi connectivity index (χ2v) is 5.84. The van der Waals surface area contributed by atoms with E-state index in [0.717, 1.165) is 18.8 Å². The Labute approximate surface area is 134 Å². The molecule has 120 valence electrons. The van der Waals surface area contributed by atoms with E-state index in [0.29, 0.717) is 31.7 Å². The molecule has 1 aliphatic heterocycles. The van der Waals surface area contributed by atoms with Gasteiger partial charge >= 0.3 is 0 Å². The van der Waals surface area contributed by atoms with Gasteiger partial charge in [0.05, 0.1) is 30.0 Å². The summed E-state index contributed by atoms with van der Waals surface area (Å²) in [6.07, 6.45) is 4.08. The zero-order valence-corrected chi connectivity index (χ0v) is 12.8. The SMILES string of the molecule is N#Cc1ccc(OCCN2CCC(O)(Cn3ccnn3)C2)cc1. The summed E-state index contributed by atoms with van der Waals surface area (Å²) in [6.45, 7) is 3.19. The molecule has 2 heterocycles. The highest BCUT2D eigenvalue weighted by atomic mass is 16.5. The lowest BCUT2D eigenvalue weighted by atomic mass is 10.0. The molecule has 0 aliphatic carbocycles. The van der Waals surface area contributed by atoms with Crippen molar-refractivity contribution in [3.8, 4) is 11.8 Å². The van der Waals surface area contributed by atoms with Crippen LogP contribution < -0.4 is 4.74 Å². The number of rotatable bonds is 6. The van der Waals surface area contributed by atoms with Gasteiger partial charge in [0.1, 0.15) is 12.4 Å². The lowest BCUT2D eigenvalue weighted by Crippen LogP contribution is -2.38. The first-order chi connectivity index (χ1) is 11.2. The molecule has 1 atom stereocenters. The number of aromatic nitrogens is 3. The predicted molar refractivity (Wildman–Crippen MR) is 82.7 cm³/mol. The average Bonchev–Trinajstić information content (AvgIpc) is 3.18. The third-order valence-corrected chi connectivity index (χ3v) is 4.00. The number of likely N-dealkylation sites (tertiary alicyclic amines) is 1. The molecule has 2 aromatic rings. The van der Waals surface area contributed by atoms with Crippen LogP contribution in [-0.2, 0) is 6.54 Å². The third kappa shape index (κ3) is 4.06. The molecule has 0 saturated carbocycles. The molecule has 0 spiro atoms. The van der Waals surface area contributed by atoms with Crippen molar-refractivity contribution in [1.82, 2.24) is 19.9 Å². The van der Waals surface area contributed by atoms with Crippen LogP contribution in [-0.4, -0.2) is 56.8 Å². The Balaban J connectivity index is 1.43. The Morgan fingerprint density at radius 2 is 2.17 bits per heavy atom. The van der Waals surface area contributed by atoms with Gasteiger partial charge in [0.15, 0.2) is 0 Å². The van der Waals surface area contributed by atoms with Crippen molar-refractivity contribution in [3.05, 3.63) is 42.2 Å². The number of hydrogen-bond acceptors (Lipinski definition) is 6. The normalized spacial score (nSPS) is 21.2. The molecular weight excluding hydrogens is 294 g/mol. The number of aliphatic hydroxyl groups is 1. The van der Waals surface area contributed by atoms with E-state index >= 15 is 0 Å². The van der Waals surface area contributed by atoms with Gasteiger partial charge in [-0.25, -0.2) is 4.68 Å². The van der Waals surface area contributed by atoms with E-state index in [1.54, 1.807) is 41.3 Å². The zero-order valence-electron chi connectivity index (χ0n) is 12.8. The molecule has 1 aromatic heterocycles. The van der Waals surface area contributed by atoms with E-state index in [4.69, 9.17) is 10.00 Å². The first-order valence-corrected chi connectivity index (χ1v) is 7.59. The Morgan fingerprint density at radius 3 is 2.87 bits per heavy atom. The minimum atomic E-state index is -0.762. The van der Waals surface area contributed by atoms with Crippen LogP contribution >= 0.6 is 0 Å². The Kier molecular flexibility index (Phi) is 4.55. The van der Waals surface area contributed by atoms with E-state index in [-0.39, 0.29) is 0 Å². The molecule has 3 rings (SSSR count). The van der Waals surface area contributed by atoms with E-state index < -0.39 is 5.60 Å². The van der Waals surface area contributed by atoms with Crippen molar-refractivity contribution in [1.29, 1.82) is 5.26 Å². The maximum Gasteiger partial charge on any atom is 0.119 e. The summed E-state index contributed by atoms with van der Waals surface area (Å²) in [5.41, 5.74) is -0.141. The number of β-amino-alcohol motifs (C(OH)–C–C–N with tert-alkyl or cyclic N) is 1. The summed E-state index contributed by atoms with van der Waals surface area (Å²) in [4.78, 5) is 2.18. The standard InChI is InChI=1S/C16H19N5O2/c17-11-14-1-3-15(4-2-14)23-10-9-20-7-5-16(22,12-20)13-21-8-6-18-19-21/h1-4,6,8,22H,5,7,9-10,12-13H2. The second kappa shape index (κ2) is 6.77. The summed E-state index contributed by atoms with van der Waals surface area (Å²) in [7, 11) is 0. The number of nitrogens with zero attached hydrogens (tertiary/aromatic N) is 5. The van der Waals surface area contributed by atoms with Gasteiger partial charge in [-0.3, -0.25) is 4.90 Å². The monoisotopic (exact) mass is 313 g/mol. The van der Waals surface area contributed by atoms with Crippen LogP contribution in [0.25, 0.3) is 0 Å². The van der Waals surface area contributed by atoms with E-state index in [9.17, 15) is 5.11 Å². The van der Waals surface area contributed by atoms with Gasteiger partial charge in [0.2, 0.25) is 0 Å². The van der Waals surface area contributed by atoms with Crippen LogP contribution in [0.5, 0.6) is 5.75 Å². The molecule has 1 aliphatic rings. The van der Waals surface area contributed by atoms with Gasteiger partial charge in [-0.1, -0.05) is 5.21 Å². The van der Waals surface area contributed by atoms with Gasteiger partial charge in [-0.15, -0.1) is 5.10 Å². The van der Waals surface area contributed by atoms with Crippen LogP contribution in [0.1, 0.15) is 12.0 Å². The molecular formula is C16H19N5O2. The summed E-state index contributed by atoms with van der Waals surface area (Å²) >= 11 is 0. The van der Waals surface area contributed by atoms with Gasteiger partial charge < -0.3 is 9.84 Å². The minimum Gasteiger partial charge on any atom is -0.492 e. The van der Waals surface area contributed by atoms with Crippen molar-refractivity contribution in [3.63, 3.8) is 0 Å². The molecule has 0 radical (unpaired) electrons. The van der Waals surface area contributed by atoms with Crippen LogP contribution in [0.4, 0.5) is 0 Å². The fourth-order valence-corrected chi connectivity index (χ4v) is 2.80. The lowest BCUT2D eigenvalue weighted by molar-refractivity contribution is 0.0271. The van der Waals surface area contributed by atoms with Crippen molar-refractivity contribution >= 4 is 0 Å². The Bertz CT molecular complexity index is 665. The number of hydrogen-bond donors (Lipinski definition) is 1. The number of benzene rings is 1. The maximum absolute atomic E-state index is 10.6. The lowest BCUT2D eigenvalue weighted by Gasteiger charge is -2.23.